The van der Waals surface area contributed by atoms with E-state index in [9.17, 15) is 4.79 Å². The molecule has 1 heterocycles. The molecule has 122 valence electrons. The molecule has 0 aliphatic rings. The number of amides is 1. The number of anilines is 1. The fourth-order valence-electron chi connectivity index (χ4n) is 2.36. The zero-order valence-electron chi connectivity index (χ0n) is 13.3. The normalized spacial score (nSPS) is 10.6. The van der Waals surface area contributed by atoms with Crippen LogP contribution in [0, 0.1) is 0 Å². The van der Waals surface area contributed by atoms with Crippen LogP contribution in [0.4, 0.5) is 5.13 Å². The van der Waals surface area contributed by atoms with Gasteiger partial charge in [0.2, 0.25) is 5.91 Å². The van der Waals surface area contributed by atoms with Crippen molar-refractivity contribution in [2.75, 3.05) is 4.90 Å². The number of hydrogen-bond acceptors (Lipinski definition) is 3. The van der Waals surface area contributed by atoms with Gasteiger partial charge in [-0.25, -0.2) is 4.98 Å². The van der Waals surface area contributed by atoms with Gasteiger partial charge in [-0.3, -0.25) is 9.69 Å². The van der Waals surface area contributed by atoms with E-state index in [2.05, 4.69) is 4.98 Å². The van der Waals surface area contributed by atoms with Crippen molar-refractivity contribution in [2.45, 2.75) is 19.9 Å². The average molecular weight is 357 g/mol. The summed E-state index contributed by atoms with van der Waals surface area (Å²) < 4.78 is 0. The van der Waals surface area contributed by atoms with Gasteiger partial charge in [-0.15, -0.1) is 11.3 Å². The Morgan fingerprint density at radius 1 is 1.12 bits per heavy atom. The number of carbonyl (C=O) groups is 1. The molecule has 0 radical (unpaired) electrons. The minimum Gasteiger partial charge on any atom is -0.284 e. The highest BCUT2D eigenvalue weighted by Crippen LogP contribution is 2.29. The highest BCUT2D eigenvalue weighted by atomic mass is 35.5. The highest BCUT2D eigenvalue weighted by Gasteiger charge is 2.18. The van der Waals surface area contributed by atoms with Crippen molar-refractivity contribution in [3.8, 4) is 11.3 Å². The highest BCUT2D eigenvalue weighted by molar-refractivity contribution is 7.14. The summed E-state index contributed by atoms with van der Waals surface area (Å²) in [6.07, 6.45) is 0.447. The lowest BCUT2D eigenvalue weighted by Gasteiger charge is -2.19. The Morgan fingerprint density at radius 2 is 1.83 bits per heavy atom. The Labute approximate surface area is 150 Å². The molecule has 0 saturated carbocycles. The maximum Gasteiger partial charge on any atom is 0.228 e. The molecule has 3 aromatic rings. The van der Waals surface area contributed by atoms with Gasteiger partial charge < -0.3 is 0 Å². The van der Waals surface area contributed by atoms with E-state index in [1.165, 1.54) is 11.3 Å². The fraction of sp³-hybridized carbons (Fsp3) is 0.158. The summed E-state index contributed by atoms with van der Waals surface area (Å²) in [5.74, 6) is 0.0656. The molecule has 0 fully saturated rings. The van der Waals surface area contributed by atoms with Crippen molar-refractivity contribution in [2.24, 2.45) is 0 Å². The lowest BCUT2D eigenvalue weighted by atomic mass is 10.2. The molecule has 0 N–H and O–H groups in total. The predicted molar refractivity (Wildman–Crippen MR) is 100 cm³/mol. The van der Waals surface area contributed by atoms with Crippen molar-refractivity contribution in [1.29, 1.82) is 0 Å². The summed E-state index contributed by atoms with van der Waals surface area (Å²) in [5, 5.41) is 3.39. The van der Waals surface area contributed by atoms with Crippen LogP contribution in [0.3, 0.4) is 0 Å². The van der Waals surface area contributed by atoms with Crippen molar-refractivity contribution >= 4 is 34.0 Å². The van der Waals surface area contributed by atoms with E-state index >= 15 is 0 Å². The molecule has 3 rings (SSSR count). The van der Waals surface area contributed by atoms with Crippen LogP contribution in [0.25, 0.3) is 11.3 Å². The molecule has 24 heavy (non-hydrogen) atoms. The van der Waals surface area contributed by atoms with Crippen LogP contribution >= 0.6 is 22.9 Å². The predicted octanol–water partition coefficient (Wildman–Crippen LogP) is 5.41. The van der Waals surface area contributed by atoms with E-state index < -0.39 is 0 Å². The number of halogens is 1. The van der Waals surface area contributed by atoms with E-state index in [1.54, 1.807) is 4.90 Å². The zero-order chi connectivity index (χ0) is 16.9. The van der Waals surface area contributed by atoms with E-state index in [0.29, 0.717) is 18.0 Å². The largest absolute Gasteiger partial charge is 0.284 e. The van der Waals surface area contributed by atoms with Crippen molar-refractivity contribution < 1.29 is 4.79 Å². The first-order valence-electron chi connectivity index (χ1n) is 7.73. The molecule has 1 amide bonds. The minimum absolute atomic E-state index is 0.0656. The molecule has 1 aromatic heterocycles. The van der Waals surface area contributed by atoms with E-state index in [0.717, 1.165) is 22.0 Å². The molecule has 5 heteroatoms. The summed E-state index contributed by atoms with van der Waals surface area (Å²) in [5.41, 5.74) is 2.93. The average Bonchev–Trinajstić information content (AvgIpc) is 3.10. The van der Waals surface area contributed by atoms with Crippen LogP contribution in [0.2, 0.25) is 5.02 Å². The molecule has 0 atom stereocenters. The number of aromatic nitrogens is 1. The maximum atomic E-state index is 12.4. The Balaban J connectivity index is 1.88. The first-order valence-corrected chi connectivity index (χ1v) is 8.99. The van der Waals surface area contributed by atoms with E-state index in [-0.39, 0.29) is 5.91 Å². The quantitative estimate of drug-likeness (QED) is 0.612. The lowest BCUT2D eigenvalue weighted by Crippen LogP contribution is -2.29. The minimum atomic E-state index is 0.0656. The smallest absolute Gasteiger partial charge is 0.228 e. The number of benzene rings is 2. The van der Waals surface area contributed by atoms with Crippen molar-refractivity contribution in [3.05, 3.63) is 70.6 Å². The molecule has 0 unspecified atom stereocenters. The number of hydrogen-bond donors (Lipinski definition) is 0. The fourth-order valence-corrected chi connectivity index (χ4v) is 3.34. The Hall–Kier alpha value is -2.17. The topological polar surface area (TPSA) is 33.2 Å². The van der Waals surface area contributed by atoms with Gasteiger partial charge in [0, 0.05) is 22.4 Å². The summed E-state index contributed by atoms with van der Waals surface area (Å²) in [4.78, 5) is 18.8. The third-order valence-electron chi connectivity index (χ3n) is 3.65. The van der Waals surface area contributed by atoms with Gasteiger partial charge in [-0.1, -0.05) is 61.0 Å². The molecule has 0 saturated heterocycles. The second kappa shape index (κ2) is 7.60. The van der Waals surface area contributed by atoms with Crippen LogP contribution in [0.15, 0.2) is 60.0 Å². The first-order chi connectivity index (χ1) is 11.7. The molecule has 0 aliphatic heterocycles. The Morgan fingerprint density at radius 3 is 2.50 bits per heavy atom. The van der Waals surface area contributed by atoms with Gasteiger partial charge in [0.05, 0.1) is 12.2 Å². The third-order valence-corrected chi connectivity index (χ3v) is 4.77. The second-order valence-electron chi connectivity index (χ2n) is 5.34. The number of thiazole rings is 1. The van der Waals surface area contributed by atoms with Crippen molar-refractivity contribution in [3.63, 3.8) is 0 Å². The number of rotatable bonds is 5. The maximum absolute atomic E-state index is 12.4. The Kier molecular flexibility index (Phi) is 5.28. The number of carbonyl (C=O) groups excluding carboxylic acids is 1. The summed E-state index contributed by atoms with van der Waals surface area (Å²) in [6.45, 7) is 2.40. The molecular weight excluding hydrogens is 340 g/mol. The van der Waals surface area contributed by atoms with Crippen molar-refractivity contribution in [1.82, 2.24) is 4.98 Å². The van der Waals surface area contributed by atoms with Gasteiger partial charge in [0.15, 0.2) is 5.13 Å². The monoisotopic (exact) mass is 356 g/mol. The van der Waals surface area contributed by atoms with Gasteiger partial charge in [0.1, 0.15) is 0 Å². The van der Waals surface area contributed by atoms with Crippen LogP contribution in [0.5, 0.6) is 0 Å². The molecule has 0 bridgehead atoms. The molecule has 0 aliphatic carbocycles. The van der Waals surface area contributed by atoms with E-state index in [4.69, 9.17) is 11.6 Å². The summed E-state index contributed by atoms with van der Waals surface area (Å²) in [7, 11) is 0. The zero-order valence-corrected chi connectivity index (χ0v) is 14.8. The molecule has 2 aromatic carbocycles. The molecule has 0 spiro atoms. The Bertz CT molecular complexity index is 815. The van der Waals surface area contributed by atoms with Crippen LogP contribution in [-0.4, -0.2) is 10.9 Å². The van der Waals surface area contributed by atoms with Crippen LogP contribution in [0.1, 0.15) is 18.9 Å². The lowest BCUT2D eigenvalue weighted by molar-refractivity contribution is -0.118. The van der Waals surface area contributed by atoms with Crippen LogP contribution < -0.4 is 4.90 Å². The standard InChI is InChI=1S/C19H17ClN2OS/c1-2-18(23)22(12-14-6-4-3-5-7-14)19-21-17(13-24-19)15-8-10-16(20)11-9-15/h3-11,13H,2,12H2,1H3. The SMILES string of the molecule is CCC(=O)N(Cc1ccccc1)c1nc(-c2ccc(Cl)cc2)cs1. The number of nitrogens with zero attached hydrogens (tertiary/aromatic N) is 2. The summed E-state index contributed by atoms with van der Waals surface area (Å²) in [6, 6.07) is 17.5. The van der Waals surface area contributed by atoms with Gasteiger partial charge in [-0.05, 0) is 17.7 Å². The summed E-state index contributed by atoms with van der Waals surface area (Å²) >= 11 is 7.42. The van der Waals surface area contributed by atoms with Crippen LogP contribution in [-0.2, 0) is 11.3 Å². The van der Waals surface area contributed by atoms with E-state index in [1.807, 2.05) is 66.9 Å². The molecule has 3 nitrogen and oxygen atoms in total. The second-order valence-corrected chi connectivity index (χ2v) is 6.61. The molecular formula is C19H17ClN2OS. The van der Waals surface area contributed by atoms with Gasteiger partial charge >= 0.3 is 0 Å². The first kappa shape index (κ1) is 16.7. The third kappa shape index (κ3) is 3.83. The van der Waals surface area contributed by atoms with Gasteiger partial charge in [0.25, 0.3) is 0 Å². The van der Waals surface area contributed by atoms with Gasteiger partial charge in [-0.2, -0.15) is 0 Å².